The molecule has 1 aromatic carbocycles. The van der Waals surface area contributed by atoms with E-state index in [0.29, 0.717) is 19.7 Å². The molecule has 1 fully saturated rings. The second-order valence-corrected chi connectivity index (χ2v) is 7.00. The van der Waals surface area contributed by atoms with Gasteiger partial charge in [0.25, 0.3) is 0 Å². The highest BCUT2D eigenvalue weighted by molar-refractivity contribution is 5.87. The third-order valence-corrected chi connectivity index (χ3v) is 4.43. The van der Waals surface area contributed by atoms with Gasteiger partial charge in [-0.3, -0.25) is 9.59 Å². The first-order valence-electron chi connectivity index (χ1n) is 9.60. The standard InChI is InChI=1S/C20H29N3O5/c1-4-27-20(26)22-18(14(2)3)19(25)21-15-12-17(24)23(13-15)10-11-28-16-8-6-5-7-9-16/h5-9,14-15,18H,4,10-13H2,1-3H3,(H,21,25)(H,22,26). The van der Waals surface area contributed by atoms with Crippen LogP contribution in [-0.2, 0) is 14.3 Å². The van der Waals surface area contributed by atoms with Crippen LogP contribution in [0.5, 0.6) is 5.75 Å². The maximum atomic E-state index is 12.6. The van der Waals surface area contributed by atoms with Crippen LogP contribution in [-0.4, -0.2) is 61.2 Å². The number of para-hydroxylation sites is 1. The lowest BCUT2D eigenvalue weighted by Gasteiger charge is -2.23. The summed E-state index contributed by atoms with van der Waals surface area (Å²) in [5, 5.41) is 5.44. The molecule has 2 atom stereocenters. The van der Waals surface area contributed by atoms with E-state index >= 15 is 0 Å². The molecule has 0 spiro atoms. The fourth-order valence-electron chi connectivity index (χ4n) is 3.00. The second-order valence-electron chi connectivity index (χ2n) is 7.00. The Morgan fingerprint density at radius 1 is 1.25 bits per heavy atom. The summed E-state index contributed by atoms with van der Waals surface area (Å²) in [6.45, 7) is 6.86. The maximum absolute atomic E-state index is 12.6. The van der Waals surface area contributed by atoms with Crippen molar-refractivity contribution in [3.8, 4) is 5.75 Å². The van der Waals surface area contributed by atoms with Crippen molar-refractivity contribution in [3.63, 3.8) is 0 Å². The van der Waals surface area contributed by atoms with E-state index in [4.69, 9.17) is 9.47 Å². The summed E-state index contributed by atoms with van der Waals surface area (Å²) in [6, 6.07) is 8.39. The fourth-order valence-corrected chi connectivity index (χ4v) is 3.00. The Kier molecular flexibility index (Phi) is 8.10. The van der Waals surface area contributed by atoms with Crippen molar-refractivity contribution < 1.29 is 23.9 Å². The number of benzene rings is 1. The predicted octanol–water partition coefficient (Wildman–Crippen LogP) is 1.55. The zero-order chi connectivity index (χ0) is 20.5. The van der Waals surface area contributed by atoms with E-state index in [2.05, 4.69) is 10.6 Å². The van der Waals surface area contributed by atoms with Gasteiger partial charge < -0.3 is 25.0 Å². The van der Waals surface area contributed by atoms with Gasteiger partial charge in [-0.25, -0.2) is 4.79 Å². The van der Waals surface area contributed by atoms with Gasteiger partial charge in [0.2, 0.25) is 11.8 Å². The number of hydrogen-bond donors (Lipinski definition) is 2. The fraction of sp³-hybridized carbons (Fsp3) is 0.550. The van der Waals surface area contributed by atoms with Gasteiger partial charge >= 0.3 is 6.09 Å². The summed E-state index contributed by atoms with van der Waals surface area (Å²) in [4.78, 5) is 38.1. The van der Waals surface area contributed by atoms with Gasteiger partial charge in [-0.15, -0.1) is 0 Å². The number of alkyl carbamates (subject to hydrolysis) is 1. The molecule has 1 saturated heterocycles. The average molecular weight is 391 g/mol. The lowest BCUT2D eigenvalue weighted by molar-refractivity contribution is -0.128. The molecule has 0 saturated carbocycles. The number of amides is 3. The zero-order valence-corrected chi connectivity index (χ0v) is 16.6. The van der Waals surface area contributed by atoms with E-state index in [1.807, 2.05) is 44.2 Å². The van der Waals surface area contributed by atoms with E-state index in [1.54, 1.807) is 11.8 Å². The minimum atomic E-state index is -0.718. The molecule has 154 valence electrons. The van der Waals surface area contributed by atoms with Crippen LogP contribution in [0, 0.1) is 5.92 Å². The van der Waals surface area contributed by atoms with E-state index in [9.17, 15) is 14.4 Å². The van der Waals surface area contributed by atoms with Crippen LogP contribution in [0.25, 0.3) is 0 Å². The molecule has 0 aliphatic carbocycles. The molecule has 8 nitrogen and oxygen atoms in total. The monoisotopic (exact) mass is 391 g/mol. The van der Waals surface area contributed by atoms with Gasteiger partial charge in [0.1, 0.15) is 18.4 Å². The molecule has 1 aliphatic rings. The Labute approximate surface area is 165 Å². The Hall–Kier alpha value is -2.77. The molecule has 2 N–H and O–H groups in total. The number of rotatable bonds is 9. The molecule has 0 aromatic heterocycles. The van der Waals surface area contributed by atoms with Gasteiger partial charge in [-0.1, -0.05) is 32.0 Å². The summed E-state index contributed by atoms with van der Waals surface area (Å²) in [5.41, 5.74) is 0. The van der Waals surface area contributed by atoms with Crippen LogP contribution in [0.4, 0.5) is 4.79 Å². The molecule has 8 heteroatoms. The molecule has 2 rings (SSSR count). The lowest BCUT2D eigenvalue weighted by Crippen LogP contribution is -2.52. The Bertz CT molecular complexity index is 665. The molecule has 2 unspecified atom stereocenters. The molecular formula is C20H29N3O5. The highest BCUT2D eigenvalue weighted by atomic mass is 16.5. The molecule has 3 amide bonds. The number of carbonyl (C=O) groups excluding carboxylic acids is 3. The highest BCUT2D eigenvalue weighted by Crippen LogP contribution is 2.13. The average Bonchev–Trinajstić information content (AvgIpc) is 2.99. The number of likely N-dealkylation sites (tertiary alicyclic amines) is 1. The topological polar surface area (TPSA) is 97.0 Å². The summed E-state index contributed by atoms with van der Waals surface area (Å²) in [5.74, 6) is 0.297. The third-order valence-electron chi connectivity index (χ3n) is 4.43. The molecule has 1 aromatic rings. The van der Waals surface area contributed by atoms with Crippen LogP contribution in [0.15, 0.2) is 30.3 Å². The van der Waals surface area contributed by atoms with Gasteiger partial charge in [-0.05, 0) is 25.0 Å². The van der Waals surface area contributed by atoms with E-state index in [0.717, 1.165) is 5.75 Å². The smallest absolute Gasteiger partial charge is 0.407 e. The molecule has 1 heterocycles. The van der Waals surface area contributed by atoms with E-state index in [-0.39, 0.29) is 36.8 Å². The van der Waals surface area contributed by atoms with Gasteiger partial charge in [0.05, 0.1) is 19.2 Å². The minimum absolute atomic E-state index is 0.0265. The van der Waals surface area contributed by atoms with Gasteiger partial charge in [0.15, 0.2) is 0 Å². The predicted molar refractivity (Wildman–Crippen MR) is 104 cm³/mol. The first kappa shape index (κ1) is 21.5. The van der Waals surface area contributed by atoms with Crippen molar-refractivity contribution >= 4 is 17.9 Å². The van der Waals surface area contributed by atoms with Crippen LogP contribution < -0.4 is 15.4 Å². The Balaban J connectivity index is 1.81. The molecule has 1 aliphatic heterocycles. The molecular weight excluding hydrogens is 362 g/mol. The lowest BCUT2D eigenvalue weighted by atomic mass is 10.0. The summed E-state index contributed by atoms with van der Waals surface area (Å²) in [6.07, 6.45) is -0.389. The Morgan fingerprint density at radius 3 is 2.61 bits per heavy atom. The molecule has 0 radical (unpaired) electrons. The van der Waals surface area contributed by atoms with Crippen molar-refractivity contribution in [1.29, 1.82) is 0 Å². The Morgan fingerprint density at radius 2 is 1.96 bits per heavy atom. The number of hydrogen-bond acceptors (Lipinski definition) is 5. The van der Waals surface area contributed by atoms with Crippen LogP contribution in [0.2, 0.25) is 0 Å². The van der Waals surface area contributed by atoms with Crippen molar-refractivity contribution in [1.82, 2.24) is 15.5 Å². The first-order chi connectivity index (χ1) is 13.4. The van der Waals surface area contributed by atoms with E-state index < -0.39 is 12.1 Å². The first-order valence-corrected chi connectivity index (χ1v) is 9.60. The molecule has 28 heavy (non-hydrogen) atoms. The van der Waals surface area contributed by atoms with E-state index in [1.165, 1.54) is 0 Å². The van der Waals surface area contributed by atoms with Crippen LogP contribution in [0.1, 0.15) is 27.2 Å². The minimum Gasteiger partial charge on any atom is -0.492 e. The highest BCUT2D eigenvalue weighted by Gasteiger charge is 2.33. The largest absolute Gasteiger partial charge is 0.492 e. The third kappa shape index (κ3) is 6.44. The van der Waals surface area contributed by atoms with Crippen molar-refractivity contribution in [2.45, 2.75) is 39.3 Å². The van der Waals surface area contributed by atoms with Crippen molar-refractivity contribution in [3.05, 3.63) is 30.3 Å². The quantitative estimate of drug-likeness (QED) is 0.666. The maximum Gasteiger partial charge on any atom is 0.407 e. The normalized spacial score (nSPS) is 17.4. The number of carbonyl (C=O) groups is 3. The van der Waals surface area contributed by atoms with Gasteiger partial charge in [-0.2, -0.15) is 0 Å². The van der Waals surface area contributed by atoms with Crippen LogP contribution in [0.3, 0.4) is 0 Å². The van der Waals surface area contributed by atoms with Crippen LogP contribution >= 0.6 is 0 Å². The SMILES string of the molecule is CCOC(=O)NC(C(=O)NC1CC(=O)N(CCOc2ccccc2)C1)C(C)C. The second kappa shape index (κ2) is 10.5. The number of ether oxygens (including phenoxy) is 2. The molecule has 0 bridgehead atoms. The summed E-state index contributed by atoms with van der Waals surface area (Å²) >= 11 is 0. The van der Waals surface area contributed by atoms with Gasteiger partial charge in [0, 0.05) is 13.0 Å². The summed E-state index contributed by atoms with van der Waals surface area (Å²) < 4.78 is 10.5. The zero-order valence-electron chi connectivity index (χ0n) is 16.6. The number of nitrogens with zero attached hydrogens (tertiary/aromatic N) is 1. The number of nitrogens with one attached hydrogen (secondary N) is 2. The van der Waals surface area contributed by atoms with Crippen molar-refractivity contribution in [2.75, 3.05) is 26.3 Å². The van der Waals surface area contributed by atoms with Crippen molar-refractivity contribution in [2.24, 2.45) is 5.92 Å². The summed E-state index contributed by atoms with van der Waals surface area (Å²) in [7, 11) is 0.